The van der Waals surface area contributed by atoms with Gasteiger partial charge in [-0.15, -0.1) is 0 Å². The molecule has 1 N–H and O–H groups in total. The Balaban J connectivity index is 2.20. The molecule has 2 heterocycles. The Morgan fingerprint density at radius 1 is 1.37 bits per heavy atom. The highest BCUT2D eigenvalue weighted by molar-refractivity contribution is 5.14. The largest absolute Gasteiger partial charge is 0.367 e. The van der Waals surface area contributed by atoms with Crippen LogP contribution in [0.3, 0.4) is 0 Å². The van der Waals surface area contributed by atoms with Crippen molar-refractivity contribution in [1.82, 2.24) is 15.3 Å². The molecule has 1 saturated heterocycles. The summed E-state index contributed by atoms with van der Waals surface area (Å²) in [5.74, 6) is 0.829. The zero-order valence-corrected chi connectivity index (χ0v) is 12.7. The van der Waals surface area contributed by atoms with Crippen LogP contribution in [0.4, 0.5) is 0 Å². The first-order chi connectivity index (χ1) is 8.78. The van der Waals surface area contributed by atoms with Crippen LogP contribution in [-0.4, -0.2) is 22.1 Å². The summed E-state index contributed by atoms with van der Waals surface area (Å²) in [7, 11) is 0. The van der Waals surface area contributed by atoms with Crippen molar-refractivity contribution in [2.45, 2.75) is 65.1 Å². The Labute approximate surface area is 116 Å². The Hall–Kier alpha value is -1.00. The van der Waals surface area contributed by atoms with Gasteiger partial charge in [-0.05, 0) is 53.5 Å². The molecular weight excluding hydrogens is 238 g/mol. The van der Waals surface area contributed by atoms with Gasteiger partial charge in [-0.1, -0.05) is 0 Å². The van der Waals surface area contributed by atoms with Gasteiger partial charge in [-0.2, -0.15) is 0 Å². The summed E-state index contributed by atoms with van der Waals surface area (Å²) < 4.78 is 5.84. The zero-order chi connectivity index (χ0) is 14.1. The summed E-state index contributed by atoms with van der Waals surface area (Å²) in [5, 5.41) is 3.46. The van der Waals surface area contributed by atoms with E-state index in [2.05, 4.69) is 38.0 Å². The van der Waals surface area contributed by atoms with Gasteiger partial charge in [0.05, 0.1) is 5.69 Å². The van der Waals surface area contributed by atoms with Crippen molar-refractivity contribution in [3.8, 4) is 0 Å². The zero-order valence-electron chi connectivity index (χ0n) is 12.7. The fraction of sp³-hybridized carbons (Fsp3) is 0.733. The van der Waals surface area contributed by atoms with Crippen molar-refractivity contribution >= 4 is 0 Å². The quantitative estimate of drug-likeness (QED) is 0.911. The van der Waals surface area contributed by atoms with Gasteiger partial charge < -0.3 is 10.1 Å². The lowest BCUT2D eigenvalue weighted by atomic mass is 10.0. The smallest absolute Gasteiger partial charge is 0.160 e. The van der Waals surface area contributed by atoms with Gasteiger partial charge in [0.15, 0.2) is 5.82 Å². The number of hydrogen-bond donors (Lipinski definition) is 1. The van der Waals surface area contributed by atoms with Crippen molar-refractivity contribution < 1.29 is 4.74 Å². The van der Waals surface area contributed by atoms with Gasteiger partial charge in [-0.25, -0.2) is 9.97 Å². The minimum Gasteiger partial charge on any atom is -0.367 e. The van der Waals surface area contributed by atoms with Gasteiger partial charge in [0.2, 0.25) is 0 Å². The first kappa shape index (κ1) is 14.4. The van der Waals surface area contributed by atoms with E-state index >= 15 is 0 Å². The molecule has 0 bridgehead atoms. The molecular formula is C15H25N3O. The second kappa shape index (κ2) is 5.17. The van der Waals surface area contributed by atoms with Crippen LogP contribution in [0.25, 0.3) is 0 Å². The maximum absolute atomic E-state index is 5.84. The van der Waals surface area contributed by atoms with Gasteiger partial charge in [-0.3, -0.25) is 0 Å². The molecule has 106 valence electrons. The van der Waals surface area contributed by atoms with Crippen molar-refractivity contribution in [2.75, 3.05) is 6.61 Å². The lowest BCUT2D eigenvalue weighted by Gasteiger charge is -2.24. The lowest BCUT2D eigenvalue weighted by Crippen LogP contribution is -2.35. The highest BCUT2D eigenvalue weighted by atomic mass is 16.5. The molecule has 0 radical (unpaired) electrons. The number of aromatic nitrogens is 2. The summed E-state index contributed by atoms with van der Waals surface area (Å²) in [6, 6.07) is 2.04. The predicted octanol–water partition coefficient (Wildman–Crippen LogP) is 2.70. The van der Waals surface area contributed by atoms with Gasteiger partial charge in [0, 0.05) is 24.4 Å². The maximum atomic E-state index is 5.84. The van der Waals surface area contributed by atoms with Crippen LogP contribution >= 0.6 is 0 Å². The summed E-state index contributed by atoms with van der Waals surface area (Å²) in [4.78, 5) is 9.26. The van der Waals surface area contributed by atoms with E-state index in [1.807, 2.05) is 13.0 Å². The van der Waals surface area contributed by atoms with E-state index in [4.69, 9.17) is 9.72 Å². The summed E-state index contributed by atoms with van der Waals surface area (Å²) in [6.07, 6.45) is 2.09. The van der Waals surface area contributed by atoms with Crippen LogP contribution in [0.1, 0.15) is 57.7 Å². The SMILES string of the molecule is Cc1cc(CNC(C)(C)C)nc(C2(C)CCCO2)n1. The number of ether oxygens (including phenoxy) is 1. The standard InChI is InChI=1S/C15H25N3O/c1-11-9-12(10-16-14(2,3)4)18-13(17-11)15(5)7-6-8-19-15/h9,16H,6-8,10H2,1-5H3. The molecule has 1 aliphatic heterocycles. The van der Waals surface area contributed by atoms with E-state index in [9.17, 15) is 0 Å². The Bertz CT molecular complexity index is 445. The van der Waals surface area contributed by atoms with Crippen LogP contribution in [0, 0.1) is 6.92 Å². The molecule has 0 aliphatic carbocycles. The molecule has 4 nitrogen and oxygen atoms in total. The highest BCUT2D eigenvalue weighted by Crippen LogP contribution is 2.33. The number of nitrogens with one attached hydrogen (secondary N) is 1. The Morgan fingerprint density at radius 2 is 2.11 bits per heavy atom. The van der Waals surface area contributed by atoms with Crippen molar-refractivity contribution in [3.05, 3.63) is 23.3 Å². The van der Waals surface area contributed by atoms with Crippen LogP contribution in [0.15, 0.2) is 6.07 Å². The molecule has 19 heavy (non-hydrogen) atoms. The number of aryl methyl sites for hydroxylation is 1. The van der Waals surface area contributed by atoms with Gasteiger partial charge in [0.1, 0.15) is 5.60 Å². The third kappa shape index (κ3) is 3.74. The first-order valence-corrected chi connectivity index (χ1v) is 7.03. The van der Waals surface area contributed by atoms with Crippen molar-refractivity contribution in [1.29, 1.82) is 0 Å². The Morgan fingerprint density at radius 3 is 2.68 bits per heavy atom. The molecule has 1 fully saturated rings. The summed E-state index contributed by atoms with van der Waals surface area (Å²) in [5.41, 5.74) is 1.83. The minimum atomic E-state index is -0.303. The van der Waals surface area contributed by atoms with E-state index in [0.717, 1.165) is 43.2 Å². The van der Waals surface area contributed by atoms with E-state index in [0.29, 0.717) is 0 Å². The average molecular weight is 263 g/mol. The molecule has 0 aromatic carbocycles. The second-order valence-corrected chi connectivity index (χ2v) is 6.61. The maximum Gasteiger partial charge on any atom is 0.160 e. The molecule has 2 rings (SSSR count). The van der Waals surface area contributed by atoms with E-state index in [1.165, 1.54) is 0 Å². The molecule has 1 aromatic rings. The van der Waals surface area contributed by atoms with Crippen LogP contribution in [0.5, 0.6) is 0 Å². The van der Waals surface area contributed by atoms with Crippen LogP contribution < -0.4 is 5.32 Å². The van der Waals surface area contributed by atoms with E-state index in [1.54, 1.807) is 0 Å². The topological polar surface area (TPSA) is 47.0 Å². The Kier molecular flexibility index (Phi) is 3.92. The lowest BCUT2D eigenvalue weighted by molar-refractivity contribution is 0.00899. The molecule has 1 aliphatic rings. The van der Waals surface area contributed by atoms with Crippen LogP contribution in [0.2, 0.25) is 0 Å². The molecule has 1 aromatic heterocycles. The summed E-state index contributed by atoms with van der Waals surface area (Å²) >= 11 is 0. The van der Waals surface area contributed by atoms with Crippen molar-refractivity contribution in [2.24, 2.45) is 0 Å². The van der Waals surface area contributed by atoms with E-state index in [-0.39, 0.29) is 11.1 Å². The molecule has 4 heteroatoms. The molecule has 1 atom stereocenters. The normalized spacial score (nSPS) is 23.8. The second-order valence-electron chi connectivity index (χ2n) is 6.61. The van der Waals surface area contributed by atoms with Gasteiger partial charge >= 0.3 is 0 Å². The fourth-order valence-electron chi connectivity index (χ4n) is 2.27. The first-order valence-electron chi connectivity index (χ1n) is 7.03. The third-order valence-electron chi connectivity index (χ3n) is 3.40. The molecule has 0 saturated carbocycles. The fourth-order valence-corrected chi connectivity index (χ4v) is 2.27. The summed E-state index contributed by atoms with van der Waals surface area (Å²) in [6.45, 7) is 12.1. The number of hydrogen-bond acceptors (Lipinski definition) is 4. The number of nitrogens with zero attached hydrogens (tertiary/aromatic N) is 2. The molecule has 0 spiro atoms. The van der Waals surface area contributed by atoms with Gasteiger partial charge in [0.25, 0.3) is 0 Å². The monoisotopic (exact) mass is 263 g/mol. The number of rotatable bonds is 3. The van der Waals surface area contributed by atoms with E-state index < -0.39 is 0 Å². The molecule has 0 amide bonds. The van der Waals surface area contributed by atoms with Crippen molar-refractivity contribution in [3.63, 3.8) is 0 Å². The molecule has 1 unspecified atom stereocenters. The predicted molar refractivity (Wildman–Crippen MR) is 75.9 cm³/mol. The average Bonchev–Trinajstić information content (AvgIpc) is 2.73. The minimum absolute atomic E-state index is 0.0901. The highest BCUT2D eigenvalue weighted by Gasteiger charge is 2.35. The van der Waals surface area contributed by atoms with Crippen LogP contribution in [-0.2, 0) is 16.9 Å². The third-order valence-corrected chi connectivity index (χ3v) is 3.40.